The van der Waals surface area contributed by atoms with Crippen molar-refractivity contribution in [1.29, 1.82) is 0 Å². The van der Waals surface area contributed by atoms with Crippen LogP contribution in [0.3, 0.4) is 0 Å². The third kappa shape index (κ3) is 3.29. The van der Waals surface area contributed by atoms with Crippen LogP contribution in [0.15, 0.2) is 48.9 Å². The van der Waals surface area contributed by atoms with Crippen molar-refractivity contribution in [3.8, 4) is 0 Å². The lowest BCUT2D eigenvalue weighted by molar-refractivity contribution is -0.137. The predicted octanol–water partition coefficient (Wildman–Crippen LogP) is 4.56. The molecule has 160 valence electrons. The number of anilines is 1. The van der Waals surface area contributed by atoms with E-state index >= 15 is 0 Å². The zero-order chi connectivity index (χ0) is 21.8. The number of aromatic nitrogens is 5. The third-order valence-electron chi connectivity index (χ3n) is 5.33. The Bertz CT molecular complexity index is 1230. The average molecular weight is 434 g/mol. The molecule has 1 aliphatic heterocycles. The van der Waals surface area contributed by atoms with E-state index in [2.05, 4.69) is 20.1 Å². The number of hydrogen-bond donors (Lipinski definition) is 1. The summed E-state index contributed by atoms with van der Waals surface area (Å²) >= 11 is 0. The lowest BCUT2D eigenvalue weighted by Crippen LogP contribution is -2.37. The lowest BCUT2D eigenvalue weighted by Gasteiger charge is -2.35. The van der Waals surface area contributed by atoms with Gasteiger partial charge in [0.2, 0.25) is 0 Å². The summed E-state index contributed by atoms with van der Waals surface area (Å²) < 4.78 is 66.8. The molecule has 0 aliphatic carbocycles. The Hall–Kier alpha value is -3.50. The summed E-state index contributed by atoms with van der Waals surface area (Å²) in [6, 6.07) is 7.84. The number of nitrogens with one attached hydrogen (secondary N) is 1. The van der Waals surface area contributed by atoms with Crippen molar-refractivity contribution < 1.29 is 22.0 Å². The standard InChI is InChI=1S/C20H15F5N6/c21-19(22)15-3-1-2-12-8-14(29-31(12)15)18-17-13(27-10-28-17)6-7-30(18)16-5-4-11(9-26-16)20(23,24)25/h1-5,8-10,18-19H,6-7H2,(H,27,28). The Balaban J connectivity index is 1.62. The number of pyridine rings is 2. The van der Waals surface area contributed by atoms with Gasteiger partial charge in [-0.25, -0.2) is 23.3 Å². The number of imidazole rings is 1. The maximum atomic E-state index is 13.4. The molecular formula is C20H15F5N6. The second kappa shape index (κ2) is 7.03. The van der Waals surface area contributed by atoms with Gasteiger partial charge in [-0.05, 0) is 30.3 Å². The van der Waals surface area contributed by atoms with E-state index < -0.39 is 24.2 Å². The van der Waals surface area contributed by atoms with Gasteiger partial charge in [0, 0.05) is 24.9 Å². The van der Waals surface area contributed by atoms with Gasteiger partial charge in [0.1, 0.15) is 17.6 Å². The summed E-state index contributed by atoms with van der Waals surface area (Å²) in [5.41, 5.74) is 1.33. The molecule has 0 fully saturated rings. The minimum atomic E-state index is -4.49. The largest absolute Gasteiger partial charge is 0.417 e. The summed E-state index contributed by atoms with van der Waals surface area (Å²) in [7, 11) is 0. The number of H-pyrrole nitrogens is 1. The molecule has 4 aromatic rings. The van der Waals surface area contributed by atoms with Gasteiger partial charge in [-0.3, -0.25) is 0 Å². The molecule has 5 rings (SSSR count). The second-order valence-corrected chi connectivity index (χ2v) is 7.17. The van der Waals surface area contributed by atoms with Crippen LogP contribution in [0.4, 0.5) is 27.8 Å². The molecule has 0 bridgehead atoms. The summed E-state index contributed by atoms with van der Waals surface area (Å²) in [6.07, 6.45) is -4.32. The Morgan fingerprint density at radius 2 is 1.94 bits per heavy atom. The first-order valence-corrected chi connectivity index (χ1v) is 9.41. The van der Waals surface area contributed by atoms with Gasteiger partial charge < -0.3 is 9.88 Å². The van der Waals surface area contributed by atoms with E-state index in [-0.39, 0.29) is 5.69 Å². The number of aromatic amines is 1. The van der Waals surface area contributed by atoms with Crippen LogP contribution in [0.1, 0.15) is 40.8 Å². The van der Waals surface area contributed by atoms with Gasteiger partial charge in [-0.2, -0.15) is 18.3 Å². The van der Waals surface area contributed by atoms with Gasteiger partial charge in [0.25, 0.3) is 6.43 Å². The van der Waals surface area contributed by atoms with Crippen molar-refractivity contribution in [1.82, 2.24) is 24.6 Å². The first kappa shape index (κ1) is 19.5. The Kier molecular flexibility index (Phi) is 4.42. The summed E-state index contributed by atoms with van der Waals surface area (Å²) in [5.74, 6) is 0.317. The molecule has 11 heteroatoms. The molecule has 0 saturated carbocycles. The van der Waals surface area contributed by atoms with E-state index in [0.29, 0.717) is 35.7 Å². The highest BCUT2D eigenvalue weighted by Gasteiger charge is 2.35. The van der Waals surface area contributed by atoms with E-state index in [0.717, 1.165) is 18.0 Å². The third-order valence-corrected chi connectivity index (χ3v) is 5.33. The molecular weight excluding hydrogens is 419 g/mol. The molecule has 1 N–H and O–H groups in total. The highest BCUT2D eigenvalue weighted by Crippen LogP contribution is 2.37. The zero-order valence-electron chi connectivity index (χ0n) is 15.8. The van der Waals surface area contributed by atoms with Crippen molar-refractivity contribution in [2.45, 2.75) is 25.1 Å². The fourth-order valence-electron chi connectivity index (χ4n) is 3.90. The topological polar surface area (TPSA) is 62.1 Å². The normalized spacial score (nSPS) is 16.8. The van der Waals surface area contributed by atoms with E-state index in [1.54, 1.807) is 17.0 Å². The smallest absolute Gasteiger partial charge is 0.348 e. The fourth-order valence-corrected chi connectivity index (χ4v) is 3.90. The van der Waals surface area contributed by atoms with E-state index in [1.165, 1.54) is 29.0 Å². The van der Waals surface area contributed by atoms with Crippen molar-refractivity contribution in [3.05, 3.63) is 77.3 Å². The molecule has 6 nitrogen and oxygen atoms in total. The number of halogens is 5. The highest BCUT2D eigenvalue weighted by atomic mass is 19.4. The SMILES string of the molecule is FC(F)c1cccc2cc(C3c4nc[nH]c4CCN3c3ccc(C(F)(F)F)cn3)nn12. The maximum Gasteiger partial charge on any atom is 0.417 e. The molecule has 0 aromatic carbocycles. The summed E-state index contributed by atoms with van der Waals surface area (Å²) in [4.78, 5) is 13.2. The van der Waals surface area contributed by atoms with E-state index in [1.807, 2.05) is 0 Å². The Morgan fingerprint density at radius 1 is 1.10 bits per heavy atom. The Morgan fingerprint density at radius 3 is 2.65 bits per heavy atom. The summed E-state index contributed by atoms with van der Waals surface area (Å²) in [6.45, 7) is 0.438. The molecule has 5 heterocycles. The van der Waals surface area contributed by atoms with Crippen LogP contribution in [0.2, 0.25) is 0 Å². The quantitative estimate of drug-likeness (QED) is 0.480. The first-order valence-electron chi connectivity index (χ1n) is 9.41. The van der Waals surface area contributed by atoms with Crippen molar-refractivity contribution in [3.63, 3.8) is 0 Å². The summed E-state index contributed by atoms with van der Waals surface area (Å²) in [5, 5.41) is 4.40. The van der Waals surface area contributed by atoms with Gasteiger partial charge in [-0.1, -0.05) is 6.07 Å². The van der Waals surface area contributed by atoms with Crippen LogP contribution in [-0.2, 0) is 12.6 Å². The zero-order valence-corrected chi connectivity index (χ0v) is 15.8. The maximum absolute atomic E-state index is 13.4. The number of rotatable bonds is 3. The molecule has 0 radical (unpaired) electrons. The van der Waals surface area contributed by atoms with Crippen LogP contribution in [-0.4, -0.2) is 31.1 Å². The Labute approximate surface area is 172 Å². The minimum absolute atomic E-state index is 0.249. The molecule has 1 aliphatic rings. The van der Waals surface area contributed by atoms with Crippen LogP contribution in [0, 0.1) is 0 Å². The molecule has 0 saturated heterocycles. The molecule has 0 amide bonds. The van der Waals surface area contributed by atoms with Gasteiger partial charge in [-0.15, -0.1) is 0 Å². The lowest BCUT2D eigenvalue weighted by atomic mass is 9.99. The first-order chi connectivity index (χ1) is 14.8. The molecule has 1 atom stereocenters. The second-order valence-electron chi connectivity index (χ2n) is 7.17. The number of alkyl halides is 5. The van der Waals surface area contributed by atoms with Crippen LogP contribution in [0.25, 0.3) is 5.52 Å². The molecule has 0 spiro atoms. The molecule has 4 aromatic heterocycles. The van der Waals surface area contributed by atoms with E-state index in [9.17, 15) is 22.0 Å². The van der Waals surface area contributed by atoms with Gasteiger partial charge in [0.05, 0.1) is 28.8 Å². The average Bonchev–Trinajstić information content (AvgIpc) is 3.38. The number of fused-ring (bicyclic) bond motifs is 2. The highest BCUT2D eigenvalue weighted by molar-refractivity contribution is 5.54. The molecule has 31 heavy (non-hydrogen) atoms. The van der Waals surface area contributed by atoms with Crippen LogP contribution < -0.4 is 4.90 Å². The monoisotopic (exact) mass is 434 g/mol. The van der Waals surface area contributed by atoms with E-state index in [4.69, 9.17) is 0 Å². The van der Waals surface area contributed by atoms with Crippen molar-refractivity contribution in [2.75, 3.05) is 11.4 Å². The number of hydrogen-bond acceptors (Lipinski definition) is 4. The van der Waals surface area contributed by atoms with Gasteiger partial charge >= 0.3 is 6.18 Å². The van der Waals surface area contributed by atoms with Crippen LogP contribution >= 0.6 is 0 Å². The fraction of sp³-hybridized carbons (Fsp3) is 0.250. The van der Waals surface area contributed by atoms with Crippen LogP contribution in [0.5, 0.6) is 0 Å². The minimum Gasteiger partial charge on any atom is -0.348 e. The van der Waals surface area contributed by atoms with Crippen molar-refractivity contribution in [2.24, 2.45) is 0 Å². The predicted molar refractivity (Wildman–Crippen MR) is 101 cm³/mol. The molecule has 1 unspecified atom stereocenters. The van der Waals surface area contributed by atoms with Crippen molar-refractivity contribution >= 4 is 11.3 Å². The number of nitrogens with zero attached hydrogens (tertiary/aromatic N) is 5. The van der Waals surface area contributed by atoms with Gasteiger partial charge in [0.15, 0.2) is 0 Å².